The Hall–Kier alpha value is -1.98. The summed E-state index contributed by atoms with van der Waals surface area (Å²) in [5.41, 5.74) is -1.93. The third-order valence-corrected chi connectivity index (χ3v) is 6.26. The van der Waals surface area contributed by atoms with Gasteiger partial charge in [0.05, 0.1) is 15.7 Å². The molecule has 0 spiro atoms. The van der Waals surface area contributed by atoms with E-state index in [1.807, 2.05) is 0 Å². The lowest BCUT2D eigenvalue weighted by Gasteiger charge is -2.10. The highest BCUT2D eigenvalue weighted by molar-refractivity contribution is 7.90. The van der Waals surface area contributed by atoms with Gasteiger partial charge in [0, 0.05) is 10.0 Å². The minimum Gasteiger partial charge on any atom is -0.266 e. The van der Waals surface area contributed by atoms with Gasteiger partial charge in [-0.25, -0.2) is 26.6 Å². The van der Waals surface area contributed by atoms with E-state index in [1.54, 1.807) is 4.72 Å². The second-order valence-corrected chi connectivity index (χ2v) is 8.98. The van der Waals surface area contributed by atoms with Crippen molar-refractivity contribution in [3.8, 4) is 5.69 Å². The topological polar surface area (TPSA) is 93.9 Å². The highest BCUT2D eigenvalue weighted by Gasteiger charge is 2.31. The highest BCUT2D eigenvalue weighted by atomic mass is 35.5. The smallest absolute Gasteiger partial charge is 0.266 e. The number of aromatic nitrogens is 3. The summed E-state index contributed by atoms with van der Waals surface area (Å²) in [7, 11) is -4.55. The Bertz CT molecular complexity index is 1250. The van der Waals surface area contributed by atoms with Crippen LogP contribution in [0.25, 0.3) is 5.69 Å². The van der Waals surface area contributed by atoms with E-state index < -0.39 is 38.6 Å². The second-order valence-electron chi connectivity index (χ2n) is 5.64. The molecule has 14 heteroatoms. The van der Waals surface area contributed by atoms with Crippen LogP contribution in [-0.2, 0) is 10.0 Å². The number of rotatable bonds is 5. The molecule has 7 nitrogen and oxygen atoms in total. The Kier molecular flexibility index (Phi) is 6.54. The lowest BCUT2D eigenvalue weighted by Crippen LogP contribution is -2.32. The molecule has 0 atom stereocenters. The molecule has 30 heavy (non-hydrogen) atoms. The molecular formula is C16H8Cl4F2N4O3S. The molecule has 1 aromatic heterocycles. The van der Waals surface area contributed by atoms with Gasteiger partial charge in [-0.15, -0.1) is 5.10 Å². The summed E-state index contributed by atoms with van der Waals surface area (Å²) in [4.78, 5) is 12.0. The number of carbonyl (C=O) groups is 1. The Balaban J connectivity index is 2.03. The lowest BCUT2D eigenvalue weighted by molar-refractivity contribution is 0.0959. The van der Waals surface area contributed by atoms with Gasteiger partial charge in [-0.3, -0.25) is 4.79 Å². The van der Waals surface area contributed by atoms with E-state index in [0.717, 1.165) is 6.07 Å². The average molecular weight is 516 g/mol. The molecule has 0 radical (unpaired) electrons. The summed E-state index contributed by atoms with van der Waals surface area (Å²) in [5.74, 6) is -1.45. The number of hydrogen-bond acceptors (Lipinski definition) is 5. The minimum absolute atomic E-state index is 0.0313. The molecule has 0 bridgehead atoms. The first-order valence-electron chi connectivity index (χ1n) is 7.72. The van der Waals surface area contributed by atoms with Crippen molar-refractivity contribution in [1.29, 1.82) is 0 Å². The first-order valence-corrected chi connectivity index (χ1v) is 10.7. The summed E-state index contributed by atoms with van der Waals surface area (Å²) in [6.07, 6.45) is -3.25. The van der Waals surface area contributed by atoms with Gasteiger partial charge in [-0.05, 0) is 36.4 Å². The number of alkyl halides is 2. The number of nitrogens with zero attached hydrogens (tertiary/aromatic N) is 3. The third kappa shape index (κ3) is 4.52. The van der Waals surface area contributed by atoms with Crippen LogP contribution in [0.5, 0.6) is 0 Å². The largest absolute Gasteiger partial charge is 0.287 e. The van der Waals surface area contributed by atoms with Gasteiger partial charge in [0.25, 0.3) is 22.4 Å². The molecule has 0 saturated carbocycles. The summed E-state index contributed by atoms with van der Waals surface area (Å²) < 4.78 is 54.6. The monoisotopic (exact) mass is 514 g/mol. The molecule has 0 aliphatic heterocycles. The van der Waals surface area contributed by atoms with E-state index in [0.29, 0.717) is 4.68 Å². The number of hydrogen-bond donors (Lipinski definition) is 1. The van der Waals surface area contributed by atoms with E-state index in [4.69, 9.17) is 46.4 Å². The van der Waals surface area contributed by atoms with Crippen molar-refractivity contribution in [2.24, 2.45) is 0 Å². The third-order valence-electron chi connectivity index (χ3n) is 3.67. The van der Waals surface area contributed by atoms with Crippen molar-refractivity contribution < 1.29 is 22.0 Å². The van der Waals surface area contributed by atoms with Crippen LogP contribution in [0.3, 0.4) is 0 Å². The van der Waals surface area contributed by atoms with Gasteiger partial charge in [0.1, 0.15) is 10.6 Å². The number of benzene rings is 2. The van der Waals surface area contributed by atoms with Crippen LogP contribution in [0.1, 0.15) is 22.6 Å². The Morgan fingerprint density at radius 3 is 2.27 bits per heavy atom. The highest BCUT2D eigenvalue weighted by Crippen LogP contribution is 2.30. The molecule has 0 fully saturated rings. The van der Waals surface area contributed by atoms with Crippen LogP contribution in [0.4, 0.5) is 8.78 Å². The molecule has 158 valence electrons. The molecule has 0 saturated heterocycles. The molecule has 3 aromatic rings. The van der Waals surface area contributed by atoms with Crippen LogP contribution in [0.2, 0.25) is 20.1 Å². The van der Waals surface area contributed by atoms with Crippen LogP contribution in [0.15, 0.2) is 41.3 Å². The maximum absolute atomic E-state index is 13.7. The summed E-state index contributed by atoms with van der Waals surface area (Å²) in [5, 5.41) is 6.91. The van der Waals surface area contributed by atoms with Gasteiger partial charge < -0.3 is 0 Å². The maximum atomic E-state index is 13.7. The number of halogens is 6. The van der Waals surface area contributed by atoms with Crippen LogP contribution >= 0.6 is 46.4 Å². The van der Waals surface area contributed by atoms with Crippen molar-refractivity contribution >= 4 is 62.3 Å². The molecule has 2 aromatic carbocycles. The van der Waals surface area contributed by atoms with Crippen LogP contribution < -0.4 is 4.72 Å². The molecular weight excluding hydrogens is 508 g/mol. The van der Waals surface area contributed by atoms with E-state index in [1.165, 1.54) is 30.3 Å². The molecule has 0 aliphatic carbocycles. The van der Waals surface area contributed by atoms with Crippen LogP contribution in [0, 0.1) is 0 Å². The molecule has 1 heterocycles. The summed E-state index contributed by atoms with van der Waals surface area (Å²) >= 11 is 23.4. The standard InChI is InChI=1S/C16H8Cl4F2N4O3S/c17-7-2-4-11(10(20)5-7)26-14(15(21)22)13(23-25-26)16(27)24-30(28,29)12-6-8(18)1-3-9(12)19/h1-6,15H,(H,24,27). The van der Waals surface area contributed by atoms with Gasteiger partial charge in [-0.2, -0.15) is 0 Å². The predicted molar refractivity (Wildman–Crippen MR) is 107 cm³/mol. The zero-order chi connectivity index (χ0) is 22.2. The molecule has 3 rings (SSSR count). The lowest BCUT2D eigenvalue weighted by atomic mass is 10.2. The van der Waals surface area contributed by atoms with Crippen molar-refractivity contribution in [2.75, 3.05) is 0 Å². The Morgan fingerprint density at radius 1 is 1.00 bits per heavy atom. The first-order chi connectivity index (χ1) is 14.0. The first kappa shape index (κ1) is 22.7. The molecule has 0 aliphatic rings. The quantitative estimate of drug-likeness (QED) is 0.519. The second kappa shape index (κ2) is 8.64. The SMILES string of the molecule is O=C(NS(=O)(=O)c1cc(Cl)ccc1Cl)c1nnn(-c2ccc(Cl)cc2Cl)c1C(F)F. The number of carbonyl (C=O) groups excluding carboxylic acids is 1. The normalized spacial score (nSPS) is 11.7. The fourth-order valence-electron chi connectivity index (χ4n) is 2.39. The minimum atomic E-state index is -4.55. The van der Waals surface area contributed by atoms with Crippen molar-refractivity contribution in [2.45, 2.75) is 11.3 Å². The molecule has 0 unspecified atom stereocenters. The zero-order valence-electron chi connectivity index (χ0n) is 14.3. The van der Waals surface area contributed by atoms with Gasteiger partial charge in [0.15, 0.2) is 5.69 Å². The zero-order valence-corrected chi connectivity index (χ0v) is 18.1. The van der Waals surface area contributed by atoms with Crippen LogP contribution in [-0.4, -0.2) is 29.3 Å². The summed E-state index contributed by atoms with van der Waals surface area (Å²) in [6.45, 7) is 0. The van der Waals surface area contributed by atoms with Gasteiger partial charge in [-0.1, -0.05) is 51.6 Å². The average Bonchev–Trinajstić information content (AvgIpc) is 3.08. The van der Waals surface area contributed by atoms with E-state index in [-0.39, 0.29) is 25.8 Å². The number of nitrogens with one attached hydrogen (secondary N) is 1. The van der Waals surface area contributed by atoms with Crippen molar-refractivity contribution in [3.63, 3.8) is 0 Å². The van der Waals surface area contributed by atoms with E-state index in [2.05, 4.69) is 10.3 Å². The fourth-order valence-corrected chi connectivity index (χ4v) is 4.59. The summed E-state index contributed by atoms with van der Waals surface area (Å²) in [6, 6.07) is 7.46. The van der Waals surface area contributed by atoms with Crippen molar-refractivity contribution in [1.82, 2.24) is 19.7 Å². The number of sulfonamides is 1. The predicted octanol–water partition coefficient (Wildman–Crippen LogP) is 4.94. The van der Waals surface area contributed by atoms with Crippen molar-refractivity contribution in [3.05, 3.63) is 67.9 Å². The van der Waals surface area contributed by atoms with Gasteiger partial charge >= 0.3 is 0 Å². The number of amides is 1. The molecule has 1 amide bonds. The Morgan fingerprint density at radius 2 is 1.63 bits per heavy atom. The van der Waals surface area contributed by atoms with E-state index >= 15 is 0 Å². The molecule has 1 N–H and O–H groups in total. The van der Waals surface area contributed by atoms with E-state index in [9.17, 15) is 22.0 Å². The fraction of sp³-hybridized carbons (Fsp3) is 0.0625. The Labute approximate surface area is 188 Å². The maximum Gasteiger partial charge on any atom is 0.287 e. The van der Waals surface area contributed by atoms with Gasteiger partial charge in [0.2, 0.25) is 0 Å².